The number of hydrogen-bond acceptors (Lipinski definition) is 5. The number of alkyl halides is 2. The van der Waals surface area contributed by atoms with Crippen LogP contribution in [0.2, 0.25) is 0 Å². The Bertz CT molecular complexity index is 1070. The molecule has 1 fully saturated rings. The summed E-state index contributed by atoms with van der Waals surface area (Å²) in [6, 6.07) is 1.89. The van der Waals surface area contributed by atoms with E-state index in [-0.39, 0.29) is 35.3 Å². The zero-order valence-corrected chi connectivity index (χ0v) is 18.1. The fraction of sp³-hybridized carbons (Fsp3) is 0.238. The van der Waals surface area contributed by atoms with Crippen LogP contribution in [0.1, 0.15) is 5.56 Å². The molecule has 0 spiro atoms. The van der Waals surface area contributed by atoms with Gasteiger partial charge in [0, 0.05) is 30.8 Å². The third-order valence-corrected chi connectivity index (χ3v) is 5.96. The maximum absolute atomic E-state index is 15.1. The molecule has 0 bridgehead atoms. The predicted molar refractivity (Wildman–Crippen MR) is 117 cm³/mol. The highest BCUT2D eigenvalue weighted by molar-refractivity contribution is 7.84. The van der Waals surface area contributed by atoms with Gasteiger partial charge in [0.05, 0.1) is 15.6 Å². The van der Waals surface area contributed by atoms with Gasteiger partial charge in [-0.1, -0.05) is 24.2 Å². The normalized spacial score (nSPS) is 21.2. The lowest BCUT2D eigenvalue weighted by Crippen LogP contribution is -2.56. The molecule has 1 heterocycles. The predicted octanol–water partition coefficient (Wildman–Crippen LogP) is 4.47. The van der Waals surface area contributed by atoms with Crippen LogP contribution < -0.4 is 0 Å². The number of piperazine rings is 1. The first-order valence-corrected chi connectivity index (χ1v) is 10.1. The number of phenols is 1. The van der Waals surface area contributed by atoms with Crippen LogP contribution in [0.3, 0.4) is 0 Å². The molecular weight excluding hydrogens is 470 g/mol. The number of aromatic hydroxyl groups is 1. The lowest BCUT2D eigenvalue weighted by Gasteiger charge is -2.42. The number of carbonyl (C=O) groups is 1. The minimum absolute atomic E-state index is 0.0536. The van der Waals surface area contributed by atoms with Crippen LogP contribution in [0.15, 0.2) is 58.4 Å². The molecule has 1 aliphatic carbocycles. The maximum Gasteiger partial charge on any atom is 0.260 e. The van der Waals surface area contributed by atoms with E-state index in [0.717, 1.165) is 24.3 Å². The van der Waals surface area contributed by atoms with Gasteiger partial charge in [0.25, 0.3) is 6.43 Å². The third-order valence-electron chi connectivity index (χ3n) is 5.17. The zero-order valence-electron chi connectivity index (χ0n) is 16.5. The smallest absolute Gasteiger partial charge is 0.260 e. The molecule has 11 heteroatoms. The molecule has 1 saturated heterocycles. The monoisotopic (exact) mass is 487 g/mol. The minimum atomic E-state index is -2.87. The number of thiol groups is 1. The van der Waals surface area contributed by atoms with E-state index in [1.54, 1.807) is 0 Å². The van der Waals surface area contributed by atoms with Gasteiger partial charge in [0.1, 0.15) is 23.3 Å². The standard InChI is InChI=1S/C21H18ClF4N3O2S/c1-2-15(31)28-6-7-29(13(9-28)20(25)26)21(32)10-8-11(22)16(18(24)19(10)27)17-12(23)4-3-5-14(17)30/h2-5,8,13,20,27,30,32H,1,6-7,9H2/b21-10-,27-19?. The number of benzene rings is 1. The zero-order chi connectivity index (χ0) is 23.7. The molecule has 1 aromatic rings. The Morgan fingerprint density at radius 2 is 2.03 bits per heavy atom. The Hall–Kier alpha value is -2.72. The molecule has 3 rings (SSSR count). The Morgan fingerprint density at radius 3 is 2.62 bits per heavy atom. The van der Waals surface area contributed by atoms with Crippen LogP contribution in [-0.4, -0.2) is 58.6 Å². The van der Waals surface area contributed by atoms with Crippen LogP contribution in [0, 0.1) is 11.2 Å². The van der Waals surface area contributed by atoms with Crippen LogP contribution in [0.5, 0.6) is 5.75 Å². The molecular formula is C21H18ClF4N3O2S. The summed E-state index contributed by atoms with van der Waals surface area (Å²) < 4.78 is 56.9. The van der Waals surface area contributed by atoms with E-state index in [0.29, 0.717) is 0 Å². The van der Waals surface area contributed by atoms with Crippen molar-refractivity contribution in [2.45, 2.75) is 12.5 Å². The van der Waals surface area contributed by atoms with E-state index < -0.39 is 52.6 Å². The molecule has 0 radical (unpaired) electrons. The van der Waals surface area contributed by atoms with E-state index in [1.807, 2.05) is 0 Å². The quantitative estimate of drug-likeness (QED) is 0.333. The van der Waals surface area contributed by atoms with Crippen molar-refractivity contribution in [1.82, 2.24) is 9.80 Å². The third kappa shape index (κ3) is 4.29. The summed E-state index contributed by atoms with van der Waals surface area (Å²) in [5.41, 5.74) is -1.99. The van der Waals surface area contributed by atoms with Crippen molar-refractivity contribution in [2.75, 3.05) is 19.6 Å². The molecule has 2 N–H and O–H groups in total. The number of allylic oxidation sites excluding steroid dienone is 5. The summed E-state index contributed by atoms with van der Waals surface area (Å²) >= 11 is 10.4. The second-order valence-corrected chi connectivity index (χ2v) is 7.84. The topological polar surface area (TPSA) is 67.6 Å². The first-order chi connectivity index (χ1) is 15.1. The summed E-state index contributed by atoms with van der Waals surface area (Å²) in [6.45, 7) is 3.06. The molecule has 5 nitrogen and oxygen atoms in total. The molecule has 2 aliphatic rings. The van der Waals surface area contributed by atoms with Gasteiger partial charge >= 0.3 is 0 Å². The number of halogens is 5. The lowest BCUT2D eigenvalue weighted by atomic mass is 9.93. The van der Waals surface area contributed by atoms with Crippen LogP contribution in [0.25, 0.3) is 5.57 Å². The summed E-state index contributed by atoms with van der Waals surface area (Å²) in [5, 5.41) is 17.7. The van der Waals surface area contributed by atoms with E-state index in [1.165, 1.54) is 15.9 Å². The average Bonchev–Trinajstić information content (AvgIpc) is 2.76. The van der Waals surface area contributed by atoms with Crippen molar-refractivity contribution < 1.29 is 27.5 Å². The van der Waals surface area contributed by atoms with Gasteiger partial charge in [-0.05, 0) is 24.3 Å². The van der Waals surface area contributed by atoms with E-state index >= 15 is 4.39 Å². The number of hydrogen-bond donors (Lipinski definition) is 3. The van der Waals surface area contributed by atoms with Crippen molar-refractivity contribution in [2.24, 2.45) is 0 Å². The van der Waals surface area contributed by atoms with Crippen LogP contribution in [0.4, 0.5) is 17.6 Å². The maximum atomic E-state index is 15.1. The minimum Gasteiger partial charge on any atom is -0.507 e. The van der Waals surface area contributed by atoms with Gasteiger partial charge in [-0.3, -0.25) is 10.2 Å². The second kappa shape index (κ2) is 9.41. The number of nitrogens with one attached hydrogen (secondary N) is 1. The Morgan fingerprint density at radius 1 is 1.34 bits per heavy atom. The van der Waals surface area contributed by atoms with Gasteiger partial charge in [0.15, 0.2) is 5.83 Å². The molecule has 1 atom stereocenters. The molecule has 1 aromatic carbocycles. The van der Waals surface area contributed by atoms with Crippen molar-refractivity contribution in [1.29, 1.82) is 5.41 Å². The van der Waals surface area contributed by atoms with Crippen LogP contribution in [-0.2, 0) is 4.79 Å². The SMILES string of the molecule is C=CC(=O)N1CCN(/C(S)=C2\C=C(Cl)C(c3c(O)cccc3F)=C(F)C2=N)C(C(F)F)C1. The van der Waals surface area contributed by atoms with E-state index in [9.17, 15) is 23.1 Å². The highest BCUT2D eigenvalue weighted by atomic mass is 35.5. The summed E-state index contributed by atoms with van der Waals surface area (Å²) in [7, 11) is 0. The van der Waals surface area contributed by atoms with Gasteiger partial charge in [0.2, 0.25) is 5.91 Å². The highest BCUT2D eigenvalue weighted by Crippen LogP contribution is 2.42. The summed E-state index contributed by atoms with van der Waals surface area (Å²) in [6.07, 6.45) is -0.737. The van der Waals surface area contributed by atoms with E-state index in [4.69, 9.17) is 17.0 Å². The fourth-order valence-electron chi connectivity index (χ4n) is 3.56. The van der Waals surface area contributed by atoms with Crippen molar-refractivity contribution >= 4 is 41.4 Å². The number of carbonyl (C=O) groups excluding carboxylic acids is 1. The average molecular weight is 488 g/mol. The van der Waals surface area contributed by atoms with Gasteiger partial charge in [-0.2, -0.15) is 0 Å². The fourth-order valence-corrected chi connectivity index (χ4v) is 4.27. The Balaban J connectivity index is 2.02. The molecule has 170 valence electrons. The number of amides is 1. The van der Waals surface area contributed by atoms with Crippen molar-refractivity contribution in [3.63, 3.8) is 0 Å². The van der Waals surface area contributed by atoms with E-state index in [2.05, 4.69) is 19.2 Å². The molecule has 32 heavy (non-hydrogen) atoms. The molecule has 0 saturated carbocycles. The molecule has 1 aliphatic heterocycles. The first kappa shape index (κ1) is 23.9. The van der Waals surface area contributed by atoms with Gasteiger partial charge in [-0.25, -0.2) is 17.6 Å². The first-order valence-electron chi connectivity index (χ1n) is 9.32. The Labute approximate surface area is 191 Å². The van der Waals surface area contributed by atoms with Gasteiger partial charge < -0.3 is 14.9 Å². The number of phenolic OH excluding ortho intramolecular Hbond substituents is 1. The van der Waals surface area contributed by atoms with Crippen LogP contribution >= 0.6 is 24.2 Å². The largest absolute Gasteiger partial charge is 0.507 e. The molecule has 1 unspecified atom stereocenters. The lowest BCUT2D eigenvalue weighted by molar-refractivity contribution is -0.130. The summed E-state index contributed by atoms with van der Waals surface area (Å²) in [4.78, 5) is 14.2. The molecule has 1 amide bonds. The summed E-state index contributed by atoms with van der Waals surface area (Å²) in [5.74, 6) is -3.27. The van der Waals surface area contributed by atoms with Gasteiger partial charge in [-0.15, -0.1) is 12.6 Å². The number of nitrogens with zero attached hydrogens (tertiary/aromatic N) is 2. The highest BCUT2D eigenvalue weighted by Gasteiger charge is 2.37. The van der Waals surface area contributed by atoms with Crippen molar-refractivity contribution in [3.05, 3.63) is 69.8 Å². The van der Waals surface area contributed by atoms with Crippen molar-refractivity contribution in [3.8, 4) is 5.75 Å². The molecule has 0 aromatic heterocycles. The second-order valence-electron chi connectivity index (χ2n) is 7.01. The number of rotatable bonds is 4. The Kier molecular flexibility index (Phi) is 7.04.